The van der Waals surface area contributed by atoms with Crippen molar-refractivity contribution in [3.63, 3.8) is 0 Å². The first-order valence-electron chi connectivity index (χ1n) is 7.13. The summed E-state index contributed by atoms with van der Waals surface area (Å²) in [7, 11) is 1.31. The largest absolute Gasteiger partial charge is 0.465 e. The van der Waals surface area contributed by atoms with E-state index in [0.717, 1.165) is 0 Å². The number of nitriles is 1. The Kier molecular flexibility index (Phi) is 4.82. The highest BCUT2D eigenvalue weighted by Gasteiger charge is 2.23. The van der Waals surface area contributed by atoms with Crippen LogP contribution in [0.15, 0.2) is 24.3 Å². The molecule has 2 rings (SSSR count). The fraction of sp³-hybridized carbons (Fsp3) is 0.235. The van der Waals surface area contributed by atoms with Crippen LogP contribution in [0.2, 0.25) is 0 Å². The molecule has 6 nitrogen and oxygen atoms in total. The van der Waals surface area contributed by atoms with E-state index in [4.69, 9.17) is 10.00 Å². The SMILES string of the molecule is CCc1[nH]c(C(=O)Nc2cccc(C#N)c2)c(C)c1C(=O)OC. The van der Waals surface area contributed by atoms with Crippen LogP contribution >= 0.6 is 0 Å². The van der Waals surface area contributed by atoms with Gasteiger partial charge in [-0.3, -0.25) is 4.79 Å². The van der Waals surface area contributed by atoms with Gasteiger partial charge in [-0.2, -0.15) is 5.26 Å². The Labute approximate surface area is 134 Å². The number of carbonyl (C=O) groups is 2. The van der Waals surface area contributed by atoms with Gasteiger partial charge in [-0.25, -0.2) is 4.79 Å². The van der Waals surface area contributed by atoms with Crippen molar-refractivity contribution in [2.24, 2.45) is 0 Å². The summed E-state index contributed by atoms with van der Waals surface area (Å²) in [6.45, 7) is 3.58. The maximum absolute atomic E-state index is 12.4. The minimum Gasteiger partial charge on any atom is -0.465 e. The Morgan fingerprint density at radius 2 is 2.13 bits per heavy atom. The van der Waals surface area contributed by atoms with Crippen LogP contribution < -0.4 is 5.32 Å². The Morgan fingerprint density at radius 3 is 2.74 bits per heavy atom. The molecule has 1 aromatic heterocycles. The molecule has 1 amide bonds. The van der Waals surface area contributed by atoms with Gasteiger partial charge in [0.05, 0.1) is 24.3 Å². The summed E-state index contributed by atoms with van der Waals surface area (Å²) < 4.78 is 4.77. The first-order chi connectivity index (χ1) is 11.0. The molecule has 0 fully saturated rings. The minimum atomic E-state index is -0.471. The number of amides is 1. The predicted octanol–water partition coefficient (Wildman–Crippen LogP) is 2.80. The number of esters is 1. The van der Waals surface area contributed by atoms with Gasteiger partial charge >= 0.3 is 5.97 Å². The number of hydrogen-bond acceptors (Lipinski definition) is 4. The summed E-state index contributed by atoms with van der Waals surface area (Å²) in [4.78, 5) is 27.3. The van der Waals surface area contributed by atoms with Gasteiger partial charge in [0, 0.05) is 11.4 Å². The third kappa shape index (κ3) is 3.24. The van der Waals surface area contributed by atoms with E-state index >= 15 is 0 Å². The van der Waals surface area contributed by atoms with Crippen LogP contribution in [-0.2, 0) is 11.2 Å². The van der Waals surface area contributed by atoms with Crippen molar-refractivity contribution in [1.29, 1.82) is 5.26 Å². The monoisotopic (exact) mass is 311 g/mol. The molecule has 2 N–H and O–H groups in total. The lowest BCUT2D eigenvalue weighted by atomic mass is 10.1. The topological polar surface area (TPSA) is 95.0 Å². The molecular weight excluding hydrogens is 294 g/mol. The molecule has 0 saturated heterocycles. The summed E-state index contributed by atoms with van der Waals surface area (Å²) in [6.07, 6.45) is 0.572. The Balaban J connectivity index is 2.34. The zero-order chi connectivity index (χ0) is 17.0. The van der Waals surface area contributed by atoms with Crippen molar-refractivity contribution in [3.05, 3.63) is 52.3 Å². The number of methoxy groups -OCH3 is 1. The molecule has 6 heteroatoms. The summed E-state index contributed by atoms with van der Waals surface area (Å²) >= 11 is 0. The van der Waals surface area contributed by atoms with Gasteiger partial charge in [0.1, 0.15) is 5.69 Å². The molecule has 0 radical (unpaired) electrons. The van der Waals surface area contributed by atoms with E-state index in [9.17, 15) is 9.59 Å². The maximum atomic E-state index is 12.4. The van der Waals surface area contributed by atoms with Crippen LogP contribution in [0.4, 0.5) is 5.69 Å². The molecule has 0 aliphatic rings. The first kappa shape index (κ1) is 16.3. The Hall–Kier alpha value is -3.07. The van der Waals surface area contributed by atoms with Crippen LogP contribution in [0.25, 0.3) is 0 Å². The molecule has 2 aromatic rings. The molecule has 0 saturated carbocycles. The van der Waals surface area contributed by atoms with Crippen LogP contribution in [0, 0.1) is 18.3 Å². The van der Waals surface area contributed by atoms with Crippen molar-refractivity contribution in [2.75, 3.05) is 12.4 Å². The molecule has 1 aromatic carbocycles. The van der Waals surface area contributed by atoms with Gasteiger partial charge in [-0.05, 0) is 37.1 Å². The smallest absolute Gasteiger partial charge is 0.339 e. The number of H-pyrrole nitrogens is 1. The maximum Gasteiger partial charge on any atom is 0.339 e. The van der Waals surface area contributed by atoms with Crippen molar-refractivity contribution in [1.82, 2.24) is 4.98 Å². The lowest BCUT2D eigenvalue weighted by Gasteiger charge is -2.05. The summed E-state index contributed by atoms with van der Waals surface area (Å²) in [5.41, 5.74) is 2.87. The second-order valence-corrected chi connectivity index (χ2v) is 4.97. The van der Waals surface area contributed by atoms with Crippen molar-refractivity contribution >= 4 is 17.6 Å². The molecule has 23 heavy (non-hydrogen) atoms. The molecule has 118 valence electrons. The average Bonchev–Trinajstić information content (AvgIpc) is 2.91. The highest BCUT2D eigenvalue weighted by Crippen LogP contribution is 2.21. The normalized spacial score (nSPS) is 10.0. The zero-order valence-electron chi connectivity index (χ0n) is 13.2. The van der Waals surface area contributed by atoms with Crippen molar-refractivity contribution < 1.29 is 14.3 Å². The van der Waals surface area contributed by atoms with E-state index in [-0.39, 0.29) is 5.91 Å². The van der Waals surface area contributed by atoms with E-state index < -0.39 is 5.97 Å². The third-order valence-corrected chi connectivity index (χ3v) is 3.55. The molecule has 0 aliphatic carbocycles. The Bertz CT molecular complexity index is 800. The van der Waals surface area contributed by atoms with Gasteiger partial charge in [0.25, 0.3) is 5.91 Å². The number of ether oxygens (including phenoxy) is 1. The van der Waals surface area contributed by atoms with E-state index in [1.807, 2.05) is 13.0 Å². The van der Waals surface area contributed by atoms with Crippen molar-refractivity contribution in [3.8, 4) is 6.07 Å². The number of nitrogens with zero attached hydrogens (tertiary/aromatic N) is 1. The van der Waals surface area contributed by atoms with Gasteiger partial charge in [0.15, 0.2) is 0 Å². The molecule has 0 bridgehead atoms. The number of nitrogens with one attached hydrogen (secondary N) is 2. The van der Waals surface area contributed by atoms with E-state index in [1.54, 1.807) is 31.2 Å². The molecular formula is C17H17N3O3. The minimum absolute atomic E-state index is 0.310. The number of aromatic amines is 1. The standard InChI is InChI=1S/C17H17N3O3/c1-4-13-14(17(22)23-3)10(2)15(20-13)16(21)19-12-7-5-6-11(8-12)9-18/h5-8,20H,4H2,1-3H3,(H,19,21). The Morgan fingerprint density at radius 1 is 1.39 bits per heavy atom. The number of rotatable bonds is 4. The van der Waals surface area contributed by atoms with Crippen LogP contribution in [0.1, 0.15) is 44.6 Å². The summed E-state index contributed by atoms with van der Waals surface area (Å²) in [5, 5.41) is 11.6. The fourth-order valence-corrected chi connectivity index (χ4v) is 2.39. The predicted molar refractivity (Wildman–Crippen MR) is 85.4 cm³/mol. The second-order valence-electron chi connectivity index (χ2n) is 4.97. The van der Waals surface area contributed by atoms with Crippen LogP contribution in [0.5, 0.6) is 0 Å². The van der Waals surface area contributed by atoms with Gasteiger partial charge < -0.3 is 15.0 Å². The lowest BCUT2D eigenvalue weighted by Crippen LogP contribution is -2.14. The second kappa shape index (κ2) is 6.79. The highest BCUT2D eigenvalue weighted by molar-refractivity contribution is 6.06. The zero-order valence-corrected chi connectivity index (χ0v) is 13.2. The van der Waals surface area contributed by atoms with E-state index in [1.165, 1.54) is 7.11 Å². The lowest BCUT2D eigenvalue weighted by molar-refractivity contribution is 0.0599. The molecule has 0 aliphatic heterocycles. The first-order valence-corrected chi connectivity index (χ1v) is 7.13. The quantitative estimate of drug-likeness (QED) is 0.849. The van der Waals surface area contributed by atoms with Gasteiger partial charge in [0.2, 0.25) is 0 Å². The van der Waals surface area contributed by atoms with Gasteiger partial charge in [-0.1, -0.05) is 13.0 Å². The third-order valence-electron chi connectivity index (χ3n) is 3.55. The number of anilines is 1. The number of aryl methyl sites for hydroxylation is 1. The number of aromatic nitrogens is 1. The molecule has 1 heterocycles. The summed E-state index contributed by atoms with van der Waals surface area (Å²) in [6, 6.07) is 8.63. The van der Waals surface area contributed by atoms with E-state index in [2.05, 4.69) is 10.3 Å². The average molecular weight is 311 g/mol. The number of benzene rings is 1. The molecule has 0 atom stereocenters. The van der Waals surface area contributed by atoms with Crippen molar-refractivity contribution in [2.45, 2.75) is 20.3 Å². The fourth-order valence-electron chi connectivity index (χ4n) is 2.39. The van der Waals surface area contributed by atoms with Crippen LogP contribution in [0.3, 0.4) is 0 Å². The number of hydrogen-bond donors (Lipinski definition) is 2. The molecule has 0 spiro atoms. The highest BCUT2D eigenvalue weighted by atomic mass is 16.5. The van der Waals surface area contributed by atoms with E-state index in [0.29, 0.717) is 40.2 Å². The summed E-state index contributed by atoms with van der Waals surface area (Å²) in [5.74, 6) is -0.844. The van der Waals surface area contributed by atoms with Gasteiger partial charge in [-0.15, -0.1) is 0 Å². The molecule has 0 unspecified atom stereocenters. The van der Waals surface area contributed by atoms with Crippen LogP contribution in [-0.4, -0.2) is 24.0 Å². The number of carbonyl (C=O) groups excluding carboxylic acids is 2.